The first-order valence-corrected chi connectivity index (χ1v) is 8.43. The minimum atomic E-state index is -0.166. The predicted molar refractivity (Wildman–Crippen MR) is 94.2 cm³/mol. The lowest BCUT2D eigenvalue weighted by Crippen LogP contribution is -2.21. The van der Waals surface area contributed by atoms with Crippen molar-refractivity contribution in [3.63, 3.8) is 0 Å². The molecule has 1 aromatic carbocycles. The molecule has 0 saturated heterocycles. The second-order valence-corrected chi connectivity index (χ2v) is 6.47. The molecular weight excluding hydrogens is 286 g/mol. The van der Waals surface area contributed by atoms with Crippen molar-refractivity contribution in [2.24, 2.45) is 0 Å². The summed E-state index contributed by atoms with van der Waals surface area (Å²) in [6.07, 6.45) is 0. The number of carbonyl (C=O) groups excluding carboxylic acids is 1. The smallest absolute Gasteiger partial charge is 0.247 e. The number of thiol groups is 1. The molecule has 0 heterocycles. The van der Waals surface area contributed by atoms with Gasteiger partial charge in [0, 0.05) is 4.90 Å². The maximum atomic E-state index is 10.7. The van der Waals surface area contributed by atoms with E-state index in [2.05, 4.69) is 58.2 Å². The summed E-state index contributed by atoms with van der Waals surface area (Å²) in [7, 11) is 0. The summed E-state index contributed by atoms with van der Waals surface area (Å²) < 4.78 is -0.166. The minimum Gasteiger partial charge on any atom is -0.304 e. The first kappa shape index (κ1) is 19.6. The maximum absolute atomic E-state index is 10.7. The summed E-state index contributed by atoms with van der Waals surface area (Å²) in [5.74, 6) is 0.496. The number of rotatable bonds is 5. The molecule has 0 atom stereocenters. The largest absolute Gasteiger partial charge is 0.304 e. The predicted octanol–water partition coefficient (Wildman–Crippen LogP) is 5.30. The van der Waals surface area contributed by atoms with E-state index >= 15 is 0 Å². The van der Waals surface area contributed by atoms with Gasteiger partial charge in [0.1, 0.15) is 0 Å². The number of carbonyl (C=O) groups is 1. The van der Waals surface area contributed by atoms with E-state index in [0.29, 0.717) is 5.92 Å². The number of nitrogens with zero attached hydrogens (tertiary/aromatic N) is 1. The number of hydrogen-bond donors (Lipinski definition) is 1. The van der Waals surface area contributed by atoms with Gasteiger partial charge in [0.05, 0.1) is 0 Å². The van der Waals surface area contributed by atoms with E-state index < -0.39 is 0 Å². The van der Waals surface area contributed by atoms with Crippen molar-refractivity contribution in [3.8, 4) is 0 Å². The summed E-state index contributed by atoms with van der Waals surface area (Å²) in [5, 5.41) is 0. The van der Waals surface area contributed by atoms with Crippen LogP contribution in [-0.2, 0) is 0 Å². The summed E-state index contributed by atoms with van der Waals surface area (Å²) in [5.41, 5.74) is 1.25. The van der Waals surface area contributed by atoms with Crippen LogP contribution in [0.25, 0.3) is 0 Å². The fourth-order valence-corrected chi connectivity index (χ4v) is 2.57. The Morgan fingerprint density at radius 1 is 1.20 bits per heavy atom. The summed E-state index contributed by atoms with van der Waals surface area (Å²) in [6.45, 7) is 14.4. The molecule has 0 unspecified atom stereocenters. The first-order valence-electron chi connectivity index (χ1n) is 7.17. The summed E-state index contributed by atoms with van der Waals surface area (Å²) >= 11 is 4.87. The quantitative estimate of drug-likeness (QED) is 0.588. The molecule has 2 nitrogen and oxygen atoms in total. The Bertz CT molecular complexity index is 384. The molecule has 0 radical (unpaired) electrons. The monoisotopic (exact) mass is 313 g/mol. The Labute approximate surface area is 133 Å². The van der Waals surface area contributed by atoms with Gasteiger partial charge in [-0.05, 0) is 55.0 Å². The standard InChI is InChI=1S/C10H12OS2.C6H15N/c1-7(2)8-4-3-5-9(6-8)13-10(11)12;1-4-7(5-2)6-3/h3-7H,1-2H3,(H,11,12);4-6H2,1-3H3. The second kappa shape index (κ2) is 11.2. The zero-order valence-electron chi connectivity index (χ0n) is 13.2. The van der Waals surface area contributed by atoms with Crippen LogP contribution in [0.3, 0.4) is 0 Å². The molecule has 0 spiro atoms. The van der Waals surface area contributed by atoms with E-state index in [-0.39, 0.29) is 4.45 Å². The SMILES string of the molecule is CC(C)c1cccc(SC(=O)S)c1.CCN(CC)CC. The van der Waals surface area contributed by atoms with Crippen LogP contribution < -0.4 is 0 Å². The summed E-state index contributed by atoms with van der Waals surface area (Å²) in [4.78, 5) is 14.1. The van der Waals surface area contributed by atoms with E-state index in [1.807, 2.05) is 18.2 Å². The van der Waals surface area contributed by atoms with Crippen molar-refractivity contribution in [2.75, 3.05) is 19.6 Å². The van der Waals surface area contributed by atoms with Crippen molar-refractivity contribution in [2.45, 2.75) is 45.4 Å². The maximum Gasteiger partial charge on any atom is 0.247 e. The van der Waals surface area contributed by atoms with Gasteiger partial charge in [0.2, 0.25) is 4.45 Å². The van der Waals surface area contributed by atoms with Crippen LogP contribution in [0.4, 0.5) is 4.79 Å². The summed E-state index contributed by atoms with van der Waals surface area (Å²) in [6, 6.07) is 7.99. The van der Waals surface area contributed by atoms with Gasteiger partial charge in [-0.1, -0.05) is 59.4 Å². The van der Waals surface area contributed by atoms with Crippen molar-refractivity contribution in [3.05, 3.63) is 29.8 Å². The van der Waals surface area contributed by atoms with Crippen LogP contribution in [-0.4, -0.2) is 29.0 Å². The topological polar surface area (TPSA) is 20.3 Å². The molecule has 0 fully saturated rings. The van der Waals surface area contributed by atoms with Gasteiger partial charge in [-0.2, -0.15) is 0 Å². The highest BCUT2D eigenvalue weighted by molar-refractivity contribution is 8.32. The fraction of sp³-hybridized carbons (Fsp3) is 0.562. The van der Waals surface area contributed by atoms with Crippen molar-refractivity contribution in [1.82, 2.24) is 4.90 Å². The van der Waals surface area contributed by atoms with Gasteiger partial charge in [0.15, 0.2) is 0 Å². The number of benzene rings is 1. The zero-order chi connectivity index (χ0) is 15.5. The van der Waals surface area contributed by atoms with E-state index in [0.717, 1.165) is 16.7 Å². The molecular formula is C16H27NOS2. The second-order valence-electron chi connectivity index (χ2n) is 4.71. The van der Waals surface area contributed by atoms with E-state index in [9.17, 15) is 4.79 Å². The Morgan fingerprint density at radius 2 is 1.75 bits per heavy atom. The van der Waals surface area contributed by atoms with Crippen molar-refractivity contribution < 1.29 is 4.79 Å². The zero-order valence-corrected chi connectivity index (χ0v) is 14.9. The van der Waals surface area contributed by atoms with Crippen LogP contribution in [0, 0.1) is 0 Å². The van der Waals surface area contributed by atoms with Gasteiger partial charge in [-0.15, -0.1) is 0 Å². The molecule has 4 heteroatoms. The molecule has 0 bridgehead atoms. The third-order valence-corrected chi connectivity index (χ3v) is 4.01. The third kappa shape index (κ3) is 8.67. The van der Waals surface area contributed by atoms with Gasteiger partial charge < -0.3 is 4.90 Å². The number of hydrogen-bond acceptors (Lipinski definition) is 3. The van der Waals surface area contributed by atoms with Crippen LogP contribution >= 0.6 is 24.4 Å². The highest BCUT2D eigenvalue weighted by Crippen LogP contribution is 2.24. The molecule has 0 aliphatic rings. The Hall–Kier alpha value is -0.450. The highest BCUT2D eigenvalue weighted by Gasteiger charge is 2.02. The van der Waals surface area contributed by atoms with Gasteiger partial charge in [-0.25, -0.2) is 0 Å². The average Bonchev–Trinajstić information content (AvgIpc) is 2.41. The lowest BCUT2D eigenvalue weighted by Gasteiger charge is -2.13. The van der Waals surface area contributed by atoms with Crippen LogP contribution in [0.1, 0.15) is 46.1 Å². The van der Waals surface area contributed by atoms with Crippen LogP contribution in [0.2, 0.25) is 0 Å². The molecule has 0 aliphatic carbocycles. The molecule has 1 aromatic rings. The lowest BCUT2D eigenvalue weighted by molar-refractivity contribution is 0.277. The molecule has 0 aliphatic heterocycles. The molecule has 0 N–H and O–H groups in total. The van der Waals surface area contributed by atoms with E-state index in [4.69, 9.17) is 0 Å². The Balaban J connectivity index is 0.000000441. The molecule has 0 aromatic heterocycles. The number of thioether (sulfide) groups is 1. The third-order valence-electron chi connectivity index (χ3n) is 3.07. The average molecular weight is 314 g/mol. The van der Waals surface area contributed by atoms with Crippen molar-refractivity contribution in [1.29, 1.82) is 0 Å². The Kier molecular flexibility index (Phi) is 11.0. The molecule has 20 heavy (non-hydrogen) atoms. The van der Waals surface area contributed by atoms with Crippen LogP contribution in [0.15, 0.2) is 29.2 Å². The van der Waals surface area contributed by atoms with Gasteiger partial charge in [0.25, 0.3) is 0 Å². The molecule has 1 rings (SSSR count). The first-order chi connectivity index (χ1) is 9.44. The Morgan fingerprint density at radius 3 is 2.10 bits per heavy atom. The highest BCUT2D eigenvalue weighted by atomic mass is 32.2. The lowest BCUT2D eigenvalue weighted by atomic mass is 10.0. The molecule has 0 saturated carbocycles. The van der Waals surface area contributed by atoms with Gasteiger partial charge >= 0.3 is 0 Å². The minimum absolute atomic E-state index is 0.166. The van der Waals surface area contributed by atoms with Crippen LogP contribution in [0.5, 0.6) is 0 Å². The molecule has 0 amide bonds. The van der Waals surface area contributed by atoms with E-state index in [1.165, 1.54) is 25.2 Å². The van der Waals surface area contributed by atoms with Crippen molar-refractivity contribution >= 4 is 28.8 Å². The fourth-order valence-electron chi connectivity index (χ4n) is 1.71. The van der Waals surface area contributed by atoms with Gasteiger partial charge in [-0.3, -0.25) is 4.79 Å². The molecule has 114 valence electrons. The van der Waals surface area contributed by atoms with E-state index in [1.54, 1.807) is 0 Å². The normalized spacial score (nSPS) is 10.4.